The van der Waals surface area contributed by atoms with E-state index in [-0.39, 0.29) is 30.2 Å². The zero-order valence-corrected chi connectivity index (χ0v) is 19.5. The number of nitro benzene ring substituents is 1. The van der Waals surface area contributed by atoms with Gasteiger partial charge in [0.25, 0.3) is 11.2 Å². The molecule has 0 aliphatic carbocycles. The van der Waals surface area contributed by atoms with Gasteiger partial charge in [0.1, 0.15) is 0 Å². The van der Waals surface area contributed by atoms with Crippen molar-refractivity contribution in [1.29, 1.82) is 0 Å². The number of aromatic nitrogens is 1. The van der Waals surface area contributed by atoms with Gasteiger partial charge in [-0.1, -0.05) is 29.5 Å². The van der Waals surface area contributed by atoms with E-state index in [0.717, 1.165) is 5.56 Å². The number of allylic oxidation sites excluding steroid dienone is 1. The first kappa shape index (κ1) is 22.5. The lowest BCUT2D eigenvalue weighted by atomic mass is 9.95. The lowest BCUT2D eigenvalue weighted by Crippen LogP contribution is -2.39. The lowest BCUT2D eigenvalue weighted by Gasteiger charge is -2.24. The number of hydrogen-bond acceptors (Lipinski definition) is 9. The highest BCUT2D eigenvalue weighted by molar-refractivity contribution is 7.07. The number of esters is 1. The number of benzene rings is 2. The highest BCUT2D eigenvalue weighted by atomic mass is 32.1. The molecule has 0 saturated carbocycles. The third kappa shape index (κ3) is 3.99. The van der Waals surface area contributed by atoms with Crippen molar-refractivity contribution < 1.29 is 23.9 Å². The van der Waals surface area contributed by atoms with Crippen LogP contribution in [0.3, 0.4) is 0 Å². The van der Waals surface area contributed by atoms with Gasteiger partial charge in [-0.2, -0.15) is 0 Å². The molecule has 0 spiro atoms. The molecule has 0 fully saturated rings. The van der Waals surface area contributed by atoms with Crippen LogP contribution in [-0.2, 0) is 9.53 Å². The summed E-state index contributed by atoms with van der Waals surface area (Å²) >= 11 is 1.17. The molecule has 0 amide bonds. The van der Waals surface area contributed by atoms with E-state index in [1.807, 2.05) is 0 Å². The molecule has 0 saturated heterocycles. The average Bonchev–Trinajstić information content (AvgIpc) is 3.42. The minimum atomic E-state index is -0.927. The molecule has 5 rings (SSSR count). The van der Waals surface area contributed by atoms with Crippen LogP contribution in [0.5, 0.6) is 11.5 Å². The predicted octanol–water partition coefficient (Wildman–Crippen LogP) is 2.44. The van der Waals surface area contributed by atoms with Crippen LogP contribution >= 0.6 is 11.3 Å². The summed E-state index contributed by atoms with van der Waals surface area (Å²) in [6.07, 6.45) is 1.71. The van der Waals surface area contributed by atoms with E-state index in [1.54, 1.807) is 44.2 Å². The summed E-state index contributed by atoms with van der Waals surface area (Å²) in [5.74, 6) is 0.584. The molecule has 2 aromatic carbocycles. The maximum Gasteiger partial charge on any atom is 0.338 e. The molecule has 0 bridgehead atoms. The number of hydrogen-bond donors (Lipinski definition) is 0. The average molecular weight is 493 g/mol. The van der Waals surface area contributed by atoms with Crippen molar-refractivity contribution >= 4 is 29.1 Å². The second kappa shape index (κ2) is 8.84. The Kier molecular flexibility index (Phi) is 5.69. The van der Waals surface area contributed by atoms with E-state index < -0.39 is 16.9 Å². The summed E-state index contributed by atoms with van der Waals surface area (Å²) in [7, 11) is 0. The highest BCUT2D eigenvalue weighted by Gasteiger charge is 2.34. The molecular weight excluding hydrogens is 474 g/mol. The quantitative estimate of drug-likeness (QED) is 0.304. The van der Waals surface area contributed by atoms with E-state index in [9.17, 15) is 19.7 Å². The summed E-state index contributed by atoms with van der Waals surface area (Å²) in [5.41, 5.74) is 1.16. The molecule has 3 heterocycles. The van der Waals surface area contributed by atoms with Crippen LogP contribution in [0.25, 0.3) is 6.08 Å². The monoisotopic (exact) mass is 493 g/mol. The topological polar surface area (TPSA) is 122 Å². The summed E-state index contributed by atoms with van der Waals surface area (Å²) in [6, 6.07) is 10.3. The first-order valence-electron chi connectivity index (χ1n) is 10.7. The lowest BCUT2D eigenvalue weighted by molar-refractivity contribution is -0.384. The van der Waals surface area contributed by atoms with Crippen LogP contribution in [-0.4, -0.2) is 28.9 Å². The Labute approximate surface area is 202 Å². The van der Waals surface area contributed by atoms with Crippen LogP contribution in [0.15, 0.2) is 63.5 Å². The fourth-order valence-corrected chi connectivity index (χ4v) is 5.12. The van der Waals surface area contributed by atoms with Crippen LogP contribution in [0.1, 0.15) is 31.0 Å². The molecule has 1 atom stereocenters. The summed E-state index contributed by atoms with van der Waals surface area (Å²) in [6.45, 7) is 3.61. The molecule has 0 radical (unpaired) electrons. The van der Waals surface area contributed by atoms with Crippen molar-refractivity contribution in [3.05, 3.63) is 94.7 Å². The van der Waals surface area contributed by atoms with Crippen LogP contribution in [0, 0.1) is 10.1 Å². The second-order valence-corrected chi connectivity index (χ2v) is 8.78. The Morgan fingerprint density at radius 1 is 1.29 bits per heavy atom. The van der Waals surface area contributed by atoms with Crippen molar-refractivity contribution in [2.24, 2.45) is 4.99 Å². The van der Waals surface area contributed by atoms with Crippen LogP contribution in [0.4, 0.5) is 5.69 Å². The normalized spacial score (nSPS) is 16.6. The number of carbonyl (C=O) groups excluding carboxylic acids is 1. The predicted molar refractivity (Wildman–Crippen MR) is 126 cm³/mol. The SMILES string of the molecule is CCOC(=O)C1=C(C)N=c2sc(=Cc3ccc4c(c3)OCO4)c(=O)n2[C@@H]1c1cccc([N+](=O)[O-])c1. The Morgan fingerprint density at radius 3 is 2.86 bits per heavy atom. The molecule has 1 aromatic heterocycles. The van der Waals surface area contributed by atoms with Crippen molar-refractivity contribution in [2.45, 2.75) is 19.9 Å². The summed E-state index contributed by atoms with van der Waals surface area (Å²) in [5, 5.41) is 11.4. The number of thiazole rings is 1. The molecule has 178 valence electrons. The van der Waals surface area contributed by atoms with E-state index in [0.29, 0.717) is 32.1 Å². The number of rotatable bonds is 5. The molecule has 2 aliphatic rings. The number of ether oxygens (including phenoxy) is 3. The van der Waals surface area contributed by atoms with Crippen molar-refractivity contribution in [3.8, 4) is 11.5 Å². The van der Waals surface area contributed by atoms with Gasteiger partial charge in [-0.15, -0.1) is 0 Å². The smallest absolute Gasteiger partial charge is 0.338 e. The van der Waals surface area contributed by atoms with Crippen molar-refractivity contribution in [3.63, 3.8) is 0 Å². The zero-order chi connectivity index (χ0) is 24.7. The standard InChI is InChI=1S/C24H19N3O7S/c1-3-32-23(29)20-13(2)25-24-26(21(20)15-5-4-6-16(11-15)27(30)31)22(28)19(35-24)10-14-7-8-17-18(9-14)34-12-33-17/h4-11,21H,3,12H2,1-2H3/t21-/m1/s1. The zero-order valence-electron chi connectivity index (χ0n) is 18.7. The third-order valence-corrected chi connectivity index (χ3v) is 6.59. The summed E-state index contributed by atoms with van der Waals surface area (Å²) < 4.78 is 17.8. The van der Waals surface area contributed by atoms with Crippen LogP contribution in [0.2, 0.25) is 0 Å². The molecule has 10 nitrogen and oxygen atoms in total. The number of carbonyl (C=O) groups is 1. The fourth-order valence-electron chi connectivity index (χ4n) is 4.07. The molecule has 35 heavy (non-hydrogen) atoms. The molecule has 11 heteroatoms. The van der Waals surface area contributed by atoms with E-state index >= 15 is 0 Å². The van der Waals surface area contributed by atoms with E-state index in [1.165, 1.54) is 34.1 Å². The Bertz CT molecular complexity index is 1590. The Balaban J connectivity index is 1.71. The number of nitro groups is 1. The maximum absolute atomic E-state index is 13.6. The van der Waals surface area contributed by atoms with Gasteiger partial charge in [-0.3, -0.25) is 19.5 Å². The van der Waals surface area contributed by atoms with Gasteiger partial charge in [0.15, 0.2) is 16.3 Å². The third-order valence-electron chi connectivity index (χ3n) is 5.61. The number of fused-ring (bicyclic) bond motifs is 2. The first-order chi connectivity index (χ1) is 16.9. The summed E-state index contributed by atoms with van der Waals surface area (Å²) in [4.78, 5) is 42.3. The van der Waals surface area contributed by atoms with Gasteiger partial charge in [-0.05, 0) is 43.2 Å². The van der Waals surface area contributed by atoms with Gasteiger partial charge in [-0.25, -0.2) is 9.79 Å². The molecular formula is C24H19N3O7S. The van der Waals surface area contributed by atoms with Gasteiger partial charge < -0.3 is 14.2 Å². The minimum absolute atomic E-state index is 0.131. The van der Waals surface area contributed by atoms with E-state index in [2.05, 4.69) is 4.99 Å². The van der Waals surface area contributed by atoms with Gasteiger partial charge in [0.2, 0.25) is 6.79 Å². The van der Waals surface area contributed by atoms with Crippen molar-refractivity contribution in [1.82, 2.24) is 4.57 Å². The van der Waals surface area contributed by atoms with Gasteiger partial charge >= 0.3 is 5.97 Å². The van der Waals surface area contributed by atoms with Gasteiger partial charge in [0, 0.05) is 12.1 Å². The molecule has 3 aromatic rings. The Morgan fingerprint density at radius 2 is 2.09 bits per heavy atom. The Hall–Kier alpha value is -4.25. The van der Waals surface area contributed by atoms with E-state index in [4.69, 9.17) is 14.2 Å². The molecule has 0 N–H and O–H groups in total. The largest absolute Gasteiger partial charge is 0.463 e. The van der Waals surface area contributed by atoms with Gasteiger partial charge in [0.05, 0.1) is 33.4 Å². The highest BCUT2D eigenvalue weighted by Crippen LogP contribution is 2.33. The number of nitrogens with zero attached hydrogens (tertiary/aromatic N) is 3. The number of non-ortho nitro benzene ring substituents is 1. The second-order valence-electron chi connectivity index (χ2n) is 7.77. The first-order valence-corrected chi connectivity index (χ1v) is 11.5. The fraction of sp³-hybridized carbons (Fsp3) is 0.208. The molecule has 2 aliphatic heterocycles. The minimum Gasteiger partial charge on any atom is -0.463 e. The van der Waals surface area contributed by atoms with Crippen LogP contribution < -0.4 is 24.4 Å². The maximum atomic E-state index is 13.6. The molecule has 0 unspecified atom stereocenters. The van der Waals surface area contributed by atoms with Crippen molar-refractivity contribution in [2.75, 3.05) is 13.4 Å².